The smallest absolute Gasteiger partial charge is 0.157 e. The number of nitrogens with two attached hydrogens (primary N) is 1. The molecule has 0 atom stereocenters. The molecule has 94 valence electrons. The molecule has 0 amide bonds. The van der Waals surface area contributed by atoms with Crippen molar-refractivity contribution < 1.29 is 8.42 Å². The molecule has 1 aliphatic rings. The van der Waals surface area contributed by atoms with Gasteiger partial charge in [0.05, 0.1) is 16.7 Å². The van der Waals surface area contributed by atoms with Crippen molar-refractivity contribution in [3.05, 3.63) is 29.6 Å². The Bertz CT molecular complexity index is 479. The second kappa shape index (κ2) is 5.14. The van der Waals surface area contributed by atoms with Crippen LogP contribution in [0.25, 0.3) is 0 Å². The van der Waals surface area contributed by atoms with Crippen LogP contribution in [0.15, 0.2) is 18.3 Å². The maximum Gasteiger partial charge on any atom is 0.157 e. The van der Waals surface area contributed by atoms with Crippen molar-refractivity contribution in [2.24, 2.45) is 5.73 Å². The van der Waals surface area contributed by atoms with E-state index in [9.17, 15) is 8.42 Å². The second-order valence-corrected chi connectivity index (χ2v) is 6.81. The first-order valence-electron chi connectivity index (χ1n) is 5.98. The average Bonchev–Trinajstić information content (AvgIpc) is 2.83. The number of nitrogens with zero attached hydrogens (tertiary/aromatic N) is 1. The standard InChI is InChI=1S/C12H18N2O2S/c13-8-12-10(4-3-7-14-12)9-17(15,16)11-5-1-2-6-11/h3-4,7,11H,1-2,5-6,8-9,13H2. The van der Waals surface area contributed by atoms with Gasteiger partial charge in [-0.15, -0.1) is 0 Å². The highest BCUT2D eigenvalue weighted by Gasteiger charge is 2.29. The van der Waals surface area contributed by atoms with Crippen LogP contribution in [0.2, 0.25) is 0 Å². The van der Waals surface area contributed by atoms with Gasteiger partial charge in [-0.2, -0.15) is 0 Å². The first-order chi connectivity index (χ1) is 8.13. The molecule has 1 saturated carbocycles. The van der Waals surface area contributed by atoms with Gasteiger partial charge in [0.2, 0.25) is 0 Å². The molecule has 1 heterocycles. The fraction of sp³-hybridized carbons (Fsp3) is 0.583. The van der Waals surface area contributed by atoms with Crippen molar-refractivity contribution in [2.45, 2.75) is 43.2 Å². The maximum atomic E-state index is 12.2. The van der Waals surface area contributed by atoms with Crippen molar-refractivity contribution >= 4 is 9.84 Å². The van der Waals surface area contributed by atoms with Gasteiger partial charge in [-0.1, -0.05) is 18.9 Å². The predicted octanol–water partition coefficient (Wildman–Crippen LogP) is 1.40. The molecule has 0 aliphatic heterocycles. The third kappa shape index (κ3) is 2.84. The normalized spacial score (nSPS) is 17.5. The van der Waals surface area contributed by atoms with E-state index in [1.165, 1.54) is 0 Å². The van der Waals surface area contributed by atoms with E-state index in [0.29, 0.717) is 5.69 Å². The van der Waals surface area contributed by atoms with Gasteiger partial charge in [0.25, 0.3) is 0 Å². The van der Waals surface area contributed by atoms with E-state index in [2.05, 4.69) is 4.98 Å². The Morgan fingerprint density at radius 3 is 2.71 bits per heavy atom. The van der Waals surface area contributed by atoms with Gasteiger partial charge in [0.1, 0.15) is 0 Å². The van der Waals surface area contributed by atoms with E-state index < -0.39 is 9.84 Å². The lowest BCUT2D eigenvalue weighted by Crippen LogP contribution is -2.20. The maximum absolute atomic E-state index is 12.2. The molecule has 0 saturated heterocycles. The van der Waals surface area contributed by atoms with Crippen molar-refractivity contribution in [3.63, 3.8) is 0 Å². The lowest BCUT2D eigenvalue weighted by atomic mass is 10.2. The summed E-state index contributed by atoms with van der Waals surface area (Å²) >= 11 is 0. The zero-order valence-corrected chi connectivity index (χ0v) is 10.6. The summed E-state index contributed by atoms with van der Waals surface area (Å²) in [6.45, 7) is 0.288. The summed E-state index contributed by atoms with van der Waals surface area (Å²) in [4.78, 5) is 4.12. The Morgan fingerprint density at radius 2 is 2.06 bits per heavy atom. The van der Waals surface area contributed by atoms with Crippen LogP contribution in [0.3, 0.4) is 0 Å². The van der Waals surface area contributed by atoms with Crippen molar-refractivity contribution in [3.8, 4) is 0 Å². The summed E-state index contributed by atoms with van der Waals surface area (Å²) in [5.74, 6) is 0.0814. The van der Waals surface area contributed by atoms with Gasteiger partial charge in [0.15, 0.2) is 9.84 Å². The first kappa shape index (κ1) is 12.5. The van der Waals surface area contributed by atoms with Crippen molar-refractivity contribution in [1.82, 2.24) is 4.98 Å². The largest absolute Gasteiger partial charge is 0.325 e. The van der Waals surface area contributed by atoms with E-state index in [1.54, 1.807) is 12.3 Å². The summed E-state index contributed by atoms with van der Waals surface area (Å²) in [6, 6.07) is 3.57. The zero-order valence-electron chi connectivity index (χ0n) is 9.80. The molecule has 1 fully saturated rings. The van der Waals surface area contributed by atoms with E-state index >= 15 is 0 Å². The van der Waals surface area contributed by atoms with Crippen molar-refractivity contribution in [2.75, 3.05) is 0 Å². The quantitative estimate of drug-likeness (QED) is 0.881. The highest BCUT2D eigenvalue weighted by molar-refractivity contribution is 7.91. The fourth-order valence-corrected chi connectivity index (χ4v) is 4.35. The minimum atomic E-state index is -3.04. The molecule has 0 aromatic carbocycles. The van der Waals surface area contributed by atoms with Gasteiger partial charge in [-0.3, -0.25) is 4.98 Å². The fourth-order valence-electron chi connectivity index (χ4n) is 2.37. The van der Waals surface area contributed by atoms with Crippen LogP contribution >= 0.6 is 0 Å². The molecule has 1 aromatic heterocycles. The summed E-state index contributed by atoms with van der Waals surface area (Å²) < 4.78 is 24.4. The molecule has 0 radical (unpaired) electrons. The molecular weight excluding hydrogens is 236 g/mol. The number of hydrogen-bond acceptors (Lipinski definition) is 4. The van der Waals surface area contributed by atoms with Crippen LogP contribution in [0.1, 0.15) is 36.9 Å². The summed E-state index contributed by atoms with van der Waals surface area (Å²) in [5, 5.41) is -0.159. The van der Waals surface area contributed by atoms with Crippen LogP contribution in [-0.4, -0.2) is 18.7 Å². The monoisotopic (exact) mass is 254 g/mol. The molecule has 1 aliphatic carbocycles. The molecule has 0 bridgehead atoms. The predicted molar refractivity (Wildman–Crippen MR) is 67.0 cm³/mol. The van der Waals surface area contributed by atoms with Crippen LogP contribution < -0.4 is 5.73 Å². The van der Waals surface area contributed by atoms with Crippen LogP contribution in [0, 0.1) is 0 Å². The highest BCUT2D eigenvalue weighted by Crippen LogP contribution is 2.27. The molecule has 5 heteroatoms. The van der Waals surface area contributed by atoms with Gasteiger partial charge < -0.3 is 5.73 Å². The topological polar surface area (TPSA) is 73.0 Å². The molecule has 0 spiro atoms. The van der Waals surface area contributed by atoms with Gasteiger partial charge >= 0.3 is 0 Å². The molecule has 2 rings (SSSR count). The minimum Gasteiger partial charge on any atom is -0.325 e. The third-order valence-electron chi connectivity index (χ3n) is 3.34. The molecule has 0 unspecified atom stereocenters. The highest BCUT2D eigenvalue weighted by atomic mass is 32.2. The van der Waals surface area contributed by atoms with Crippen molar-refractivity contribution in [1.29, 1.82) is 0 Å². The molecule has 1 aromatic rings. The Labute approximate surface area is 102 Å². The first-order valence-corrected chi connectivity index (χ1v) is 7.69. The van der Waals surface area contributed by atoms with E-state index in [1.807, 2.05) is 6.07 Å². The van der Waals surface area contributed by atoms with Crippen LogP contribution in [0.4, 0.5) is 0 Å². The average molecular weight is 254 g/mol. The summed E-state index contributed by atoms with van der Waals surface area (Å²) in [6.07, 6.45) is 5.32. The number of aromatic nitrogens is 1. The second-order valence-electron chi connectivity index (χ2n) is 4.53. The van der Waals surface area contributed by atoms with Crippen LogP contribution in [-0.2, 0) is 22.1 Å². The minimum absolute atomic E-state index is 0.0814. The Morgan fingerprint density at radius 1 is 1.35 bits per heavy atom. The lowest BCUT2D eigenvalue weighted by molar-refractivity contribution is 0.578. The summed E-state index contributed by atoms with van der Waals surface area (Å²) in [5.41, 5.74) is 7.01. The Hall–Kier alpha value is -0.940. The zero-order chi connectivity index (χ0) is 12.3. The Kier molecular flexibility index (Phi) is 3.79. The van der Waals surface area contributed by atoms with Crippen LogP contribution in [0.5, 0.6) is 0 Å². The number of rotatable bonds is 4. The number of sulfone groups is 1. The van der Waals surface area contributed by atoms with E-state index in [-0.39, 0.29) is 17.5 Å². The molecule has 17 heavy (non-hydrogen) atoms. The number of pyridine rings is 1. The molecule has 4 nitrogen and oxygen atoms in total. The summed E-state index contributed by atoms with van der Waals surface area (Å²) in [7, 11) is -3.04. The van der Waals surface area contributed by atoms with E-state index in [0.717, 1.165) is 31.2 Å². The SMILES string of the molecule is NCc1ncccc1CS(=O)(=O)C1CCCC1. The van der Waals surface area contributed by atoms with Gasteiger partial charge in [0, 0.05) is 12.7 Å². The lowest BCUT2D eigenvalue weighted by Gasteiger charge is -2.12. The van der Waals surface area contributed by atoms with Gasteiger partial charge in [-0.05, 0) is 24.5 Å². The van der Waals surface area contributed by atoms with Gasteiger partial charge in [-0.25, -0.2) is 8.42 Å². The molecular formula is C12H18N2O2S. The van der Waals surface area contributed by atoms with E-state index in [4.69, 9.17) is 5.73 Å². The third-order valence-corrected chi connectivity index (χ3v) is 5.55. The Balaban J connectivity index is 2.19. The number of hydrogen-bond donors (Lipinski definition) is 1. The molecule has 2 N–H and O–H groups in total.